The summed E-state index contributed by atoms with van der Waals surface area (Å²) in [5.74, 6) is 2.95. The monoisotopic (exact) mass is 566 g/mol. The maximum absolute atomic E-state index is 13.9. The van der Waals surface area contributed by atoms with E-state index in [0.29, 0.717) is 45.6 Å². The molecule has 1 unspecified atom stereocenters. The first-order valence-electron chi connectivity index (χ1n) is 12.8. The van der Waals surface area contributed by atoms with Crippen molar-refractivity contribution in [3.8, 4) is 34.5 Å². The highest BCUT2D eigenvalue weighted by molar-refractivity contribution is 6.04. The number of ether oxygens (including phenoxy) is 6. The van der Waals surface area contributed by atoms with Crippen LogP contribution >= 0.6 is 0 Å². The summed E-state index contributed by atoms with van der Waals surface area (Å²) in [6, 6.07) is 16.2. The minimum Gasteiger partial charge on any atom is -0.497 e. The number of hydroxylamine groups is 2. The lowest BCUT2D eigenvalue weighted by Crippen LogP contribution is -2.39. The van der Waals surface area contributed by atoms with Crippen molar-refractivity contribution in [2.24, 2.45) is 5.16 Å². The van der Waals surface area contributed by atoms with E-state index in [9.17, 15) is 4.79 Å². The molecule has 1 aliphatic rings. The molecular weight excluding hydrogens is 532 g/mol. The Hall–Kier alpha value is -4.64. The number of hydrogen-bond acceptors (Lipinski definition) is 10. The quantitative estimate of drug-likeness (QED) is 0.279. The second-order valence-electron chi connectivity index (χ2n) is 8.90. The number of nitrogens with zero attached hydrogens (tertiary/aromatic N) is 2. The van der Waals surface area contributed by atoms with E-state index in [0.717, 1.165) is 11.3 Å². The van der Waals surface area contributed by atoms with E-state index in [1.165, 1.54) is 19.3 Å². The van der Waals surface area contributed by atoms with Crippen molar-refractivity contribution >= 4 is 11.6 Å². The van der Waals surface area contributed by atoms with Gasteiger partial charge >= 0.3 is 0 Å². The van der Waals surface area contributed by atoms with Crippen molar-refractivity contribution in [1.29, 1.82) is 0 Å². The Morgan fingerprint density at radius 2 is 1.37 bits per heavy atom. The Morgan fingerprint density at radius 1 is 0.780 bits per heavy atom. The fourth-order valence-corrected chi connectivity index (χ4v) is 4.31. The first-order valence-corrected chi connectivity index (χ1v) is 12.8. The molecule has 0 aromatic heterocycles. The summed E-state index contributed by atoms with van der Waals surface area (Å²) in [6.07, 6.45) is -0.645. The fourth-order valence-electron chi connectivity index (χ4n) is 4.31. The van der Waals surface area contributed by atoms with Gasteiger partial charge in [-0.15, -0.1) is 0 Å². The van der Waals surface area contributed by atoms with Crippen molar-refractivity contribution < 1.29 is 42.9 Å². The first kappa shape index (κ1) is 29.3. The molecule has 218 valence electrons. The minimum atomic E-state index is -0.903. The molecule has 11 nitrogen and oxygen atoms in total. The molecule has 1 amide bonds. The van der Waals surface area contributed by atoms with Crippen LogP contribution in [-0.2, 0) is 27.6 Å². The van der Waals surface area contributed by atoms with Crippen LogP contribution in [0.4, 0.5) is 0 Å². The fraction of sp³-hybridized carbons (Fsp3) is 0.333. The molecule has 11 heteroatoms. The Balaban J connectivity index is 1.60. The predicted molar refractivity (Wildman–Crippen MR) is 150 cm³/mol. The summed E-state index contributed by atoms with van der Waals surface area (Å²) in [4.78, 5) is 25.6. The molecule has 1 aliphatic heterocycles. The molecule has 0 spiro atoms. The number of carbonyl (C=O) groups is 1. The molecule has 0 radical (unpaired) electrons. The third-order valence-corrected chi connectivity index (χ3v) is 6.60. The lowest BCUT2D eigenvalue weighted by Gasteiger charge is -2.26. The number of methoxy groups -OCH3 is 6. The van der Waals surface area contributed by atoms with Crippen molar-refractivity contribution in [3.63, 3.8) is 0 Å². The zero-order chi connectivity index (χ0) is 29.4. The number of hydrogen-bond donors (Lipinski definition) is 0. The number of oxime groups is 1. The van der Waals surface area contributed by atoms with Gasteiger partial charge in [0.15, 0.2) is 0 Å². The smallest absolute Gasteiger partial charge is 0.290 e. The highest BCUT2D eigenvalue weighted by Gasteiger charge is 2.34. The molecule has 4 rings (SSSR count). The topological polar surface area (TPSA) is 107 Å². The molecule has 0 aliphatic carbocycles. The summed E-state index contributed by atoms with van der Waals surface area (Å²) in [7, 11) is 9.34. The third-order valence-electron chi connectivity index (χ3n) is 6.60. The average molecular weight is 567 g/mol. The maximum Gasteiger partial charge on any atom is 0.290 e. The lowest BCUT2D eigenvalue weighted by molar-refractivity contribution is -0.205. The largest absolute Gasteiger partial charge is 0.497 e. The highest BCUT2D eigenvalue weighted by Crippen LogP contribution is 2.36. The maximum atomic E-state index is 13.9. The van der Waals surface area contributed by atoms with Gasteiger partial charge < -0.3 is 33.3 Å². The Bertz CT molecular complexity index is 1350. The summed E-state index contributed by atoms with van der Waals surface area (Å²) in [5.41, 5.74) is 2.76. The van der Waals surface area contributed by atoms with E-state index in [-0.39, 0.29) is 19.6 Å². The normalized spacial score (nSPS) is 14.0. The van der Waals surface area contributed by atoms with Crippen LogP contribution in [0, 0.1) is 0 Å². The average Bonchev–Trinajstić information content (AvgIpc) is 3.52. The van der Waals surface area contributed by atoms with Gasteiger partial charge in [0.2, 0.25) is 6.10 Å². The van der Waals surface area contributed by atoms with Crippen LogP contribution in [-0.4, -0.2) is 65.4 Å². The molecule has 3 aromatic rings. The lowest BCUT2D eigenvalue weighted by atomic mass is 10.0. The molecule has 0 bridgehead atoms. The summed E-state index contributed by atoms with van der Waals surface area (Å²) < 4.78 is 32.6. The van der Waals surface area contributed by atoms with Gasteiger partial charge in [0.05, 0.1) is 60.5 Å². The van der Waals surface area contributed by atoms with Crippen LogP contribution in [0.5, 0.6) is 34.5 Å². The molecule has 3 aromatic carbocycles. The van der Waals surface area contributed by atoms with Crippen LogP contribution in [0.15, 0.2) is 59.8 Å². The predicted octanol–water partition coefficient (Wildman–Crippen LogP) is 4.39. The van der Waals surface area contributed by atoms with E-state index in [4.69, 9.17) is 38.1 Å². The summed E-state index contributed by atoms with van der Waals surface area (Å²) in [6.45, 7) is 0.0178. The molecule has 1 atom stereocenters. The van der Waals surface area contributed by atoms with E-state index in [1.807, 2.05) is 30.3 Å². The van der Waals surface area contributed by atoms with Crippen molar-refractivity contribution in [1.82, 2.24) is 5.06 Å². The molecule has 1 heterocycles. The summed E-state index contributed by atoms with van der Waals surface area (Å²) in [5, 5.41) is 5.41. The van der Waals surface area contributed by atoms with Gasteiger partial charge in [-0.3, -0.25) is 9.63 Å². The van der Waals surface area contributed by atoms with E-state index in [2.05, 4.69) is 5.16 Å². The van der Waals surface area contributed by atoms with Crippen LogP contribution in [0.2, 0.25) is 0 Å². The Morgan fingerprint density at radius 3 is 1.95 bits per heavy atom. The highest BCUT2D eigenvalue weighted by atomic mass is 16.7. The first-order chi connectivity index (χ1) is 19.9. The number of carbonyl (C=O) groups excluding carboxylic acids is 1. The number of rotatable bonds is 13. The van der Waals surface area contributed by atoms with Crippen LogP contribution < -0.4 is 28.4 Å². The van der Waals surface area contributed by atoms with Gasteiger partial charge in [-0.05, 0) is 42.0 Å². The summed E-state index contributed by atoms with van der Waals surface area (Å²) >= 11 is 0. The molecule has 41 heavy (non-hydrogen) atoms. The Labute approximate surface area is 239 Å². The second-order valence-corrected chi connectivity index (χ2v) is 8.90. The standard InChI is InChI=1S/C30H34N2O9/c1-34-21-10-7-19(8-11-21)25-16-29(41-31-25)30(33)32(40-18-20-9-12-22(35-2)13-26(20)37-4)17-24-27(38-5)14-23(36-3)15-28(24)39-6/h7-15,29H,16-18H2,1-6H3. The van der Waals surface area contributed by atoms with Gasteiger partial charge in [0, 0.05) is 30.2 Å². The van der Waals surface area contributed by atoms with Crippen molar-refractivity contribution in [2.45, 2.75) is 25.7 Å². The van der Waals surface area contributed by atoms with Gasteiger partial charge in [-0.25, -0.2) is 5.06 Å². The Kier molecular flexibility index (Phi) is 9.75. The van der Waals surface area contributed by atoms with Crippen molar-refractivity contribution in [3.05, 3.63) is 71.3 Å². The SMILES string of the molecule is COc1ccc(C2=NOC(C(=O)N(Cc3c(OC)cc(OC)cc3OC)OCc3ccc(OC)cc3OC)C2)cc1. The van der Waals surface area contributed by atoms with Gasteiger partial charge in [0.25, 0.3) is 5.91 Å². The van der Waals surface area contributed by atoms with Gasteiger partial charge in [-0.2, -0.15) is 0 Å². The van der Waals surface area contributed by atoms with Gasteiger partial charge in [0.1, 0.15) is 41.1 Å². The number of benzene rings is 3. The molecule has 0 fully saturated rings. The van der Waals surface area contributed by atoms with Gasteiger partial charge in [-0.1, -0.05) is 5.16 Å². The van der Waals surface area contributed by atoms with Crippen molar-refractivity contribution in [2.75, 3.05) is 42.7 Å². The van der Waals surface area contributed by atoms with E-state index in [1.54, 1.807) is 52.7 Å². The minimum absolute atomic E-state index is 0.00856. The zero-order valence-corrected chi connectivity index (χ0v) is 24.0. The van der Waals surface area contributed by atoms with E-state index >= 15 is 0 Å². The number of amides is 1. The molecular formula is C30H34N2O9. The van der Waals surface area contributed by atoms with E-state index < -0.39 is 12.0 Å². The van der Waals surface area contributed by atoms with Crippen LogP contribution in [0.25, 0.3) is 0 Å². The second kappa shape index (κ2) is 13.6. The zero-order valence-electron chi connectivity index (χ0n) is 24.0. The molecule has 0 saturated carbocycles. The van der Waals surface area contributed by atoms with Crippen LogP contribution in [0.3, 0.4) is 0 Å². The molecule has 0 N–H and O–H groups in total. The van der Waals surface area contributed by atoms with Crippen LogP contribution in [0.1, 0.15) is 23.1 Å². The molecule has 0 saturated heterocycles. The third kappa shape index (κ3) is 6.75.